The molecule has 2 aromatic carbocycles. The summed E-state index contributed by atoms with van der Waals surface area (Å²) in [5.41, 5.74) is 1.98. The van der Waals surface area contributed by atoms with Crippen molar-refractivity contribution in [3.63, 3.8) is 0 Å². The molecule has 0 aromatic heterocycles. The Labute approximate surface area is 135 Å². The van der Waals surface area contributed by atoms with Crippen molar-refractivity contribution in [1.82, 2.24) is 4.90 Å². The molecular weight excluding hydrogens is 288 g/mol. The van der Waals surface area contributed by atoms with Crippen LogP contribution in [0, 0.1) is 17.2 Å². The minimum absolute atomic E-state index is 0.0379. The van der Waals surface area contributed by atoms with Crippen LogP contribution in [0.2, 0.25) is 0 Å². The molecule has 1 saturated heterocycles. The van der Waals surface area contributed by atoms with Crippen LogP contribution < -0.4 is 0 Å². The van der Waals surface area contributed by atoms with Crippen LogP contribution >= 0.6 is 0 Å². The maximum atomic E-state index is 12.8. The average molecular weight is 306 g/mol. The van der Waals surface area contributed by atoms with E-state index < -0.39 is 0 Å². The van der Waals surface area contributed by atoms with Crippen LogP contribution in [0.5, 0.6) is 5.75 Å². The molecule has 1 aliphatic heterocycles. The lowest BCUT2D eigenvalue weighted by Crippen LogP contribution is -2.51. The van der Waals surface area contributed by atoms with Crippen molar-refractivity contribution < 1.29 is 9.90 Å². The van der Waals surface area contributed by atoms with Crippen molar-refractivity contribution in [3.05, 3.63) is 65.7 Å². The monoisotopic (exact) mass is 306 g/mol. The van der Waals surface area contributed by atoms with Gasteiger partial charge in [0.05, 0.1) is 17.9 Å². The molecule has 1 unspecified atom stereocenters. The molecule has 1 aliphatic rings. The Hall–Kier alpha value is -2.80. The Bertz CT molecular complexity index is 713. The molecule has 0 saturated carbocycles. The van der Waals surface area contributed by atoms with Gasteiger partial charge in [0, 0.05) is 13.1 Å². The van der Waals surface area contributed by atoms with E-state index in [2.05, 4.69) is 6.07 Å². The summed E-state index contributed by atoms with van der Waals surface area (Å²) in [6.45, 7) is 1.04. The molecule has 0 aliphatic carbocycles. The van der Waals surface area contributed by atoms with E-state index >= 15 is 0 Å². The topological polar surface area (TPSA) is 64.3 Å². The van der Waals surface area contributed by atoms with Gasteiger partial charge in [-0.3, -0.25) is 4.79 Å². The Kier molecular flexibility index (Phi) is 4.29. The summed E-state index contributed by atoms with van der Waals surface area (Å²) in [5.74, 6) is -0.0175. The summed E-state index contributed by atoms with van der Waals surface area (Å²) >= 11 is 0. The van der Waals surface area contributed by atoms with Crippen molar-refractivity contribution in [2.75, 3.05) is 13.1 Å². The first-order valence-electron chi connectivity index (χ1n) is 7.68. The van der Waals surface area contributed by atoms with E-state index in [9.17, 15) is 9.90 Å². The first-order chi connectivity index (χ1) is 11.2. The maximum absolute atomic E-state index is 12.8. The first-order valence-corrected chi connectivity index (χ1v) is 7.68. The maximum Gasteiger partial charge on any atom is 0.230 e. The van der Waals surface area contributed by atoms with Crippen LogP contribution in [-0.4, -0.2) is 29.0 Å². The van der Waals surface area contributed by atoms with Gasteiger partial charge in [-0.2, -0.15) is 5.26 Å². The molecule has 1 heterocycles. The van der Waals surface area contributed by atoms with E-state index in [1.807, 2.05) is 42.5 Å². The number of nitrogens with zero attached hydrogens (tertiary/aromatic N) is 2. The summed E-state index contributed by atoms with van der Waals surface area (Å²) in [6, 6.07) is 18.9. The largest absolute Gasteiger partial charge is 0.508 e. The van der Waals surface area contributed by atoms with E-state index in [1.165, 1.54) is 0 Å². The number of carbonyl (C=O) groups is 1. The molecule has 2 aromatic rings. The number of rotatable bonds is 4. The number of nitriles is 1. The van der Waals surface area contributed by atoms with E-state index in [0.29, 0.717) is 19.5 Å². The molecule has 0 bridgehead atoms. The quantitative estimate of drug-likeness (QED) is 0.944. The second-order valence-electron chi connectivity index (χ2n) is 5.90. The molecule has 4 heteroatoms. The van der Waals surface area contributed by atoms with Gasteiger partial charge in [-0.1, -0.05) is 42.5 Å². The fourth-order valence-electron chi connectivity index (χ4n) is 2.86. The zero-order valence-electron chi connectivity index (χ0n) is 12.7. The molecule has 116 valence electrons. The van der Waals surface area contributed by atoms with E-state index in [-0.39, 0.29) is 23.5 Å². The van der Waals surface area contributed by atoms with Gasteiger partial charge in [0.1, 0.15) is 5.75 Å². The summed E-state index contributed by atoms with van der Waals surface area (Å²) < 4.78 is 0. The predicted molar refractivity (Wildman–Crippen MR) is 86.7 cm³/mol. The van der Waals surface area contributed by atoms with Gasteiger partial charge in [0.25, 0.3) is 0 Å². The Morgan fingerprint density at radius 2 is 1.83 bits per heavy atom. The van der Waals surface area contributed by atoms with Crippen molar-refractivity contribution >= 4 is 5.91 Å². The molecule has 3 rings (SSSR count). The highest BCUT2D eigenvalue weighted by atomic mass is 16.3. The SMILES string of the molecule is N#CC1CN(C(=O)C(Cc2ccc(O)cc2)c2ccccc2)C1. The lowest BCUT2D eigenvalue weighted by molar-refractivity contribution is -0.137. The lowest BCUT2D eigenvalue weighted by atomic mass is 9.88. The molecule has 4 nitrogen and oxygen atoms in total. The fraction of sp³-hybridized carbons (Fsp3) is 0.263. The zero-order chi connectivity index (χ0) is 16.2. The molecule has 23 heavy (non-hydrogen) atoms. The smallest absolute Gasteiger partial charge is 0.230 e. The van der Waals surface area contributed by atoms with Gasteiger partial charge >= 0.3 is 0 Å². The van der Waals surface area contributed by atoms with Crippen molar-refractivity contribution in [2.24, 2.45) is 5.92 Å². The Morgan fingerprint density at radius 3 is 2.43 bits per heavy atom. The summed E-state index contributed by atoms with van der Waals surface area (Å²) in [4.78, 5) is 14.6. The minimum atomic E-state index is -0.264. The number of phenols is 1. The number of phenolic OH excluding ortho intramolecular Hbond substituents is 1. The number of benzene rings is 2. The summed E-state index contributed by atoms with van der Waals surface area (Å²) in [6.07, 6.45) is 0.580. The van der Waals surface area contributed by atoms with Crippen LogP contribution in [0.4, 0.5) is 0 Å². The van der Waals surface area contributed by atoms with E-state index in [4.69, 9.17) is 5.26 Å². The number of hydrogen-bond donors (Lipinski definition) is 1. The van der Waals surface area contributed by atoms with E-state index in [1.54, 1.807) is 17.0 Å². The average Bonchev–Trinajstić information content (AvgIpc) is 2.54. The van der Waals surface area contributed by atoms with Gasteiger partial charge in [0.15, 0.2) is 0 Å². The summed E-state index contributed by atoms with van der Waals surface area (Å²) in [7, 11) is 0. The minimum Gasteiger partial charge on any atom is -0.508 e. The molecule has 1 N–H and O–H groups in total. The van der Waals surface area contributed by atoms with Crippen LogP contribution in [-0.2, 0) is 11.2 Å². The normalized spacial score (nSPS) is 15.5. The summed E-state index contributed by atoms with van der Waals surface area (Å²) in [5, 5.41) is 18.3. The highest BCUT2D eigenvalue weighted by Crippen LogP contribution is 2.27. The van der Waals surface area contributed by atoms with Crippen LogP contribution in [0.15, 0.2) is 54.6 Å². The third kappa shape index (κ3) is 3.35. The van der Waals surface area contributed by atoms with Gasteiger partial charge in [-0.25, -0.2) is 0 Å². The van der Waals surface area contributed by atoms with Gasteiger partial charge in [-0.05, 0) is 29.7 Å². The third-order valence-electron chi connectivity index (χ3n) is 4.25. The predicted octanol–water partition coefficient (Wildman–Crippen LogP) is 2.70. The van der Waals surface area contributed by atoms with Crippen molar-refractivity contribution in [2.45, 2.75) is 12.3 Å². The van der Waals surface area contributed by atoms with Crippen LogP contribution in [0.3, 0.4) is 0 Å². The molecule has 0 spiro atoms. The Balaban J connectivity index is 1.81. The second kappa shape index (κ2) is 6.53. The van der Waals surface area contributed by atoms with Crippen LogP contribution in [0.25, 0.3) is 0 Å². The second-order valence-corrected chi connectivity index (χ2v) is 5.90. The van der Waals surface area contributed by atoms with Gasteiger partial charge in [-0.15, -0.1) is 0 Å². The molecule has 1 amide bonds. The first kappa shape index (κ1) is 15.1. The molecule has 0 radical (unpaired) electrons. The standard InChI is InChI=1S/C19H18N2O2/c20-11-15-12-21(13-15)19(23)18(16-4-2-1-3-5-16)10-14-6-8-17(22)9-7-14/h1-9,15,18,22H,10,12-13H2. The Morgan fingerprint density at radius 1 is 1.17 bits per heavy atom. The van der Waals surface area contributed by atoms with Crippen LogP contribution in [0.1, 0.15) is 17.0 Å². The number of carbonyl (C=O) groups excluding carboxylic acids is 1. The number of amides is 1. The van der Waals surface area contributed by atoms with Crippen molar-refractivity contribution in [1.29, 1.82) is 5.26 Å². The molecule has 1 fully saturated rings. The zero-order valence-corrected chi connectivity index (χ0v) is 12.7. The molecular formula is C19H18N2O2. The lowest BCUT2D eigenvalue weighted by Gasteiger charge is -2.37. The van der Waals surface area contributed by atoms with Gasteiger partial charge < -0.3 is 10.0 Å². The third-order valence-corrected chi connectivity index (χ3v) is 4.25. The highest BCUT2D eigenvalue weighted by Gasteiger charge is 2.35. The fourth-order valence-corrected chi connectivity index (χ4v) is 2.86. The number of hydrogen-bond acceptors (Lipinski definition) is 3. The van der Waals surface area contributed by atoms with Crippen molar-refractivity contribution in [3.8, 4) is 11.8 Å². The number of likely N-dealkylation sites (tertiary alicyclic amines) is 1. The molecule has 1 atom stereocenters. The van der Waals surface area contributed by atoms with Gasteiger partial charge in [0.2, 0.25) is 5.91 Å². The number of aromatic hydroxyl groups is 1. The highest BCUT2D eigenvalue weighted by molar-refractivity contribution is 5.85. The van der Waals surface area contributed by atoms with E-state index in [0.717, 1.165) is 11.1 Å².